The number of hydrogen-bond donors (Lipinski definition) is 3. The minimum atomic E-state index is -3.84. The second-order valence-electron chi connectivity index (χ2n) is 5.98. The predicted octanol–water partition coefficient (Wildman–Crippen LogP) is 3.94. The van der Waals surface area contributed by atoms with E-state index in [-0.39, 0.29) is 23.2 Å². The quantitative estimate of drug-likeness (QED) is 0.617. The van der Waals surface area contributed by atoms with Crippen LogP contribution >= 0.6 is 24.0 Å². The van der Waals surface area contributed by atoms with E-state index in [1.807, 2.05) is 6.92 Å². The highest BCUT2D eigenvalue weighted by Gasteiger charge is 2.19. The van der Waals surface area contributed by atoms with Crippen molar-refractivity contribution in [3.63, 3.8) is 0 Å². The van der Waals surface area contributed by atoms with Crippen LogP contribution in [0.2, 0.25) is 5.02 Å². The van der Waals surface area contributed by atoms with Crippen LogP contribution in [0.3, 0.4) is 0 Å². The number of carbonyl (C=O) groups is 1. The van der Waals surface area contributed by atoms with Crippen molar-refractivity contribution in [3.8, 4) is 0 Å². The van der Waals surface area contributed by atoms with Gasteiger partial charge in [0.2, 0.25) is 5.91 Å². The van der Waals surface area contributed by atoms with Gasteiger partial charge in [0, 0.05) is 10.7 Å². The van der Waals surface area contributed by atoms with Crippen molar-refractivity contribution in [1.29, 1.82) is 0 Å². The van der Waals surface area contributed by atoms with Crippen LogP contribution in [0.15, 0.2) is 47.4 Å². The van der Waals surface area contributed by atoms with E-state index in [4.69, 9.17) is 17.3 Å². The fraction of sp³-hybridized carbons (Fsp3) is 0.278. The smallest absolute Gasteiger partial charge is 0.262 e. The van der Waals surface area contributed by atoms with Crippen LogP contribution in [0.25, 0.3) is 0 Å². The molecule has 1 atom stereocenters. The summed E-state index contributed by atoms with van der Waals surface area (Å²) in [6.07, 6.45) is 1.34. The number of benzene rings is 2. The Morgan fingerprint density at radius 3 is 2.52 bits per heavy atom. The molecule has 148 valence electrons. The summed E-state index contributed by atoms with van der Waals surface area (Å²) in [5.74, 6) is -0.346. The van der Waals surface area contributed by atoms with Crippen LogP contribution in [0, 0.1) is 6.92 Å². The van der Waals surface area contributed by atoms with Gasteiger partial charge in [-0.25, -0.2) is 8.42 Å². The molecule has 0 aliphatic heterocycles. The Labute approximate surface area is 170 Å². The van der Waals surface area contributed by atoms with Crippen molar-refractivity contribution >= 4 is 51.3 Å². The number of amides is 1. The Morgan fingerprint density at radius 2 is 1.89 bits per heavy atom. The Kier molecular flexibility index (Phi) is 8.56. The molecular formula is C18H23Cl2N3O3S. The average Bonchev–Trinajstić information content (AvgIpc) is 2.56. The maximum atomic E-state index is 12.7. The lowest BCUT2D eigenvalue weighted by Crippen LogP contribution is -2.35. The van der Waals surface area contributed by atoms with Gasteiger partial charge in [0.25, 0.3) is 10.0 Å². The molecule has 0 saturated heterocycles. The number of carbonyl (C=O) groups excluding carboxylic acids is 1. The maximum absolute atomic E-state index is 12.7. The lowest BCUT2D eigenvalue weighted by atomic mass is 10.1. The Morgan fingerprint density at radius 1 is 1.19 bits per heavy atom. The monoisotopic (exact) mass is 431 g/mol. The van der Waals surface area contributed by atoms with E-state index in [9.17, 15) is 13.2 Å². The van der Waals surface area contributed by atoms with Gasteiger partial charge in [0.1, 0.15) is 0 Å². The van der Waals surface area contributed by atoms with Gasteiger partial charge < -0.3 is 11.1 Å². The summed E-state index contributed by atoms with van der Waals surface area (Å²) in [5, 5.41) is 3.09. The standard InChI is InChI=1S/C18H22ClN3O3S.ClH/c1-3-5-16(20)18(23)21-14-9-8-12(2)17(11-14)26(24,25)22-15-7-4-6-13(19)10-15;/h4,6-11,16,22H,3,5,20H2,1-2H3,(H,21,23);1H. The first-order valence-corrected chi connectivity index (χ1v) is 10.0. The van der Waals surface area contributed by atoms with E-state index < -0.39 is 16.1 Å². The molecule has 0 spiro atoms. The largest absolute Gasteiger partial charge is 0.325 e. The molecule has 0 radical (unpaired) electrons. The maximum Gasteiger partial charge on any atom is 0.262 e. The van der Waals surface area contributed by atoms with Gasteiger partial charge in [-0.1, -0.05) is 37.1 Å². The molecule has 2 aromatic carbocycles. The van der Waals surface area contributed by atoms with Crippen LogP contribution < -0.4 is 15.8 Å². The van der Waals surface area contributed by atoms with E-state index in [2.05, 4.69) is 10.0 Å². The zero-order chi connectivity index (χ0) is 19.3. The van der Waals surface area contributed by atoms with Gasteiger partial charge in [-0.15, -0.1) is 12.4 Å². The third kappa shape index (κ3) is 6.39. The molecule has 4 N–H and O–H groups in total. The van der Waals surface area contributed by atoms with Gasteiger partial charge in [-0.3, -0.25) is 9.52 Å². The zero-order valence-electron chi connectivity index (χ0n) is 15.0. The third-order valence-corrected chi connectivity index (χ3v) is 5.52. The highest BCUT2D eigenvalue weighted by atomic mass is 35.5. The number of sulfonamides is 1. The van der Waals surface area contributed by atoms with E-state index in [0.717, 1.165) is 6.42 Å². The summed E-state index contributed by atoms with van der Waals surface area (Å²) in [6.45, 7) is 3.62. The molecule has 0 saturated carbocycles. The van der Waals surface area contributed by atoms with Gasteiger partial charge in [-0.05, 0) is 49.2 Å². The molecule has 27 heavy (non-hydrogen) atoms. The summed E-state index contributed by atoms with van der Waals surface area (Å²) in [5.41, 5.74) is 7.07. The van der Waals surface area contributed by atoms with Crippen LogP contribution in [-0.2, 0) is 14.8 Å². The Bertz CT molecular complexity index is 904. The van der Waals surface area contributed by atoms with E-state index >= 15 is 0 Å². The second kappa shape index (κ2) is 9.94. The number of halogens is 2. The van der Waals surface area contributed by atoms with Crippen molar-refractivity contribution in [1.82, 2.24) is 0 Å². The topological polar surface area (TPSA) is 101 Å². The minimum Gasteiger partial charge on any atom is -0.325 e. The van der Waals surface area contributed by atoms with Crippen molar-refractivity contribution in [2.45, 2.75) is 37.6 Å². The number of nitrogens with two attached hydrogens (primary N) is 1. The number of hydrogen-bond acceptors (Lipinski definition) is 4. The van der Waals surface area contributed by atoms with Crippen molar-refractivity contribution in [2.24, 2.45) is 5.73 Å². The van der Waals surface area contributed by atoms with Crippen molar-refractivity contribution in [3.05, 3.63) is 53.1 Å². The molecule has 6 nitrogen and oxygen atoms in total. The molecule has 0 aromatic heterocycles. The summed E-state index contributed by atoms with van der Waals surface area (Å²) in [7, 11) is -3.84. The lowest BCUT2D eigenvalue weighted by Gasteiger charge is -2.14. The molecule has 1 unspecified atom stereocenters. The summed E-state index contributed by atoms with van der Waals surface area (Å²) < 4.78 is 27.9. The van der Waals surface area contributed by atoms with Crippen LogP contribution in [0.4, 0.5) is 11.4 Å². The van der Waals surface area contributed by atoms with Crippen molar-refractivity contribution < 1.29 is 13.2 Å². The number of nitrogens with one attached hydrogen (secondary N) is 2. The first-order valence-electron chi connectivity index (χ1n) is 8.18. The molecule has 2 rings (SSSR count). The molecule has 0 heterocycles. The first-order chi connectivity index (χ1) is 12.2. The third-order valence-electron chi connectivity index (χ3n) is 3.76. The van der Waals surface area contributed by atoms with Gasteiger partial charge >= 0.3 is 0 Å². The highest BCUT2D eigenvalue weighted by molar-refractivity contribution is 7.92. The lowest BCUT2D eigenvalue weighted by molar-refractivity contribution is -0.117. The highest BCUT2D eigenvalue weighted by Crippen LogP contribution is 2.24. The molecular weight excluding hydrogens is 409 g/mol. The van der Waals surface area contributed by atoms with E-state index in [0.29, 0.717) is 28.4 Å². The number of rotatable bonds is 7. The molecule has 0 fully saturated rings. The molecule has 1 amide bonds. The molecule has 0 aliphatic carbocycles. The fourth-order valence-corrected chi connectivity index (χ4v) is 3.92. The molecule has 0 bridgehead atoms. The van der Waals surface area contributed by atoms with Gasteiger partial charge in [0.05, 0.1) is 16.6 Å². The predicted molar refractivity (Wildman–Crippen MR) is 112 cm³/mol. The zero-order valence-corrected chi connectivity index (χ0v) is 17.4. The number of aryl methyl sites for hydroxylation is 1. The van der Waals surface area contributed by atoms with Crippen LogP contribution in [0.1, 0.15) is 25.3 Å². The second-order valence-corrected chi connectivity index (χ2v) is 8.07. The molecule has 2 aromatic rings. The summed E-state index contributed by atoms with van der Waals surface area (Å²) >= 11 is 5.89. The average molecular weight is 432 g/mol. The molecule has 0 aliphatic rings. The van der Waals surface area contributed by atoms with Crippen molar-refractivity contribution in [2.75, 3.05) is 10.0 Å². The van der Waals surface area contributed by atoms with Gasteiger partial charge in [0.15, 0.2) is 0 Å². The Hall–Kier alpha value is -1.80. The van der Waals surface area contributed by atoms with Crippen LogP contribution in [0.5, 0.6) is 0 Å². The van der Waals surface area contributed by atoms with E-state index in [1.165, 1.54) is 12.1 Å². The fourth-order valence-electron chi connectivity index (χ4n) is 2.41. The molecule has 9 heteroatoms. The summed E-state index contributed by atoms with van der Waals surface area (Å²) in [6, 6.07) is 10.5. The van der Waals surface area contributed by atoms with E-state index in [1.54, 1.807) is 37.3 Å². The SMILES string of the molecule is CCCC(N)C(=O)Nc1ccc(C)c(S(=O)(=O)Nc2cccc(Cl)c2)c1.Cl. The van der Waals surface area contributed by atoms with Crippen LogP contribution in [-0.4, -0.2) is 20.4 Å². The number of anilines is 2. The first kappa shape index (κ1) is 23.2. The Balaban J connectivity index is 0.00000364. The summed E-state index contributed by atoms with van der Waals surface area (Å²) in [4.78, 5) is 12.1. The normalized spacial score (nSPS) is 12.0. The van der Waals surface area contributed by atoms with Gasteiger partial charge in [-0.2, -0.15) is 0 Å². The minimum absolute atomic E-state index is 0.